The highest BCUT2D eigenvalue weighted by Gasteiger charge is 2.24. The molecule has 2 aromatic carbocycles. The molecule has 3 heterocycles. The predicted molar refractivity (Wildman–Crippen MR) is 140 cm³/mol. The van der Waals surface area contributed by atoms with Crippen LogP contribution < -0.4 is 10.6 Å². The van der Waals surface area contributed by atoms with E-state index in [0.29, 0.717) is 59.0 Å². The molecule has 0 aliphatic carbocycles. The molecule has 36 heavy (non-hydrogen) atoms. The normalized spacial score (nSPS) is 14.7. The van der Waals surface area contributed by atoms with E-state index in [1.165, 1.54) is 18.3 Å². The van der Waals surface area contributed by atoms with Crippen molar-refractivity contribution in [3.63, 3.8) is 0 Å². The lowest BCUT2D eigenvalue weighted by molar-refractivity contribution is -0.143. The minimum Gasteiger partial charge on any atom is -0.481 e. The number of anilines is 3. The van der Waals surface area contributed by atoms with Gasteiger partial charge in [-0.15, -0.1) is 10.2 Å². The summed E-state index contributed by atoms with van der Waals surface area (Å²) in [5.74, 6) is -1.17. The van der Waals surface area contributed by atoms with E-state index in [-0.39, 0.29) is 11.8 Å². The van der Waals surface area contributed by atoms with Crippen molar-refractivity contribution in [2.24, 2.45) is 5.92 Å². The number of benzene rings is 2. The summed E-state index contributed by atoms with van der Waals surface area (Å²) in [6, 6.07) is 9.59. The fraction of sp³-hybridized carbons (Fsp3) is 0.292. The smallest absolute Gasteiger partial charge is 0.306 e. The lowest BCUT2D eigenvalue weighted by atomic mass is 9.96. The molecule has 0 spiro atoms. The van der Waals surface area contributed by atoms with E-state index in [2.05, 4.69) is 35.9 Å². The number of carboxylic acids is 1. The second-order valence-corrected chi connectivity index (χ2v) is 10.1. The quantitative estimate of drug-likeness (QED) is 0.272. The van der Waals surface area contributed by atoms with Gasteiger partial charge in [0.15, 0.2) is 0 Å². The van der Waals surface area contributed by atoms with Crippen molar-refractivity contribution < 1.29 is 14.7 Å². The number of H-pyrrole nitrogens is 1. The fourth-order valence-electron chi connectivity index (χ4n) is 4.36. The number of piperidine rings is 1. The Morgan fingerprint density at radius 3 is 2.78 bits per heavy atom. The van der Waals surface area contributed by atoms with Gasteiger partial charge in [-0.1, -0.05) is 22.9 Å². The van der Waals surface area contributed by atoms with Crippen molar-refractivity contribution in [1.82, 2.24) is 25.3 Å². The van der Waals surface area contributed by atoms with Gasteiger partial charge in [0.2, 0.25) is 11.0 Å². The van der Waals surface area contributed by atoms with Crippen LogP contribution in [0.25, 0.3) is 21.5 Å². The van der Waals surface area contributed by atoms with E-state index in [4.69, 9.17) is 11.6 Å². The maximum Gasteiger partial charge on any atom is 0.306 e. The molecule has 4 N–H and O–H groups in total. The van der Waals surface area contributed by atoms with Gasteiger partial charge in [0, 0.05) is 30.1 Å². The zero-order chi connectivity index (χ0) is 25.2. The second kappa shape index (κ2) is 10.2. The Balaban J connectivity index is 1.37. The molecule has 0 atom stereocenters. The molecule has 10 nitrogen and oxygen atoms in total. The van der Waals surface area contributed by atoms with Gasteiger partial charge in [-0.05, 0) is 61.8 Å². The standard InChI is InChI=1S/C24H24ClN7O3S/c1-13(33)27-17-9-14(12-32-6-4-15(5-7-32)23(34)35)8-16(10-17)22-30-31-24(36-22)28-20-3-2-19-18(21(20)25)11-26-29-19/h2-3,8-11,15H,4-7,12H2,1H3,(H,26,29)(H,27,33)(H,28,31)(H,34,35). The molecule has 4 aromatic rings. The highest BCUT2D eigenvalue weighted by atomic mass is 35.5. The van der Waals surface area contributed by atoms with E-state index >= 15 is 0 Å². The minimum atomic E-state index is -0.726. The van der Waals surface area contributed by atoms with Crippen LogP contribution in [-0.2, 0) is 16.1 Å². The van der Waals surface area contributed by atoms with Crippen LogP contribution in [-0.4, -0.2) is 55.4 Å². The number of aliphatic carboxylic acids is 1. The molecule has 2 aromatic heterocycles. The van der Waals surface area contributed by atoms with Gasteiger partial charge in [0.1, 0.15) is 5.01 Å². The topological polar surface area (TPSA) is 136 Å². The molecule has 0 radical (unpaired) electrons. The Kier molecular flexibility index (Phi) is 6.86. The van der Waals surface area contributed by atoms with E-state index < -0.39 is 5.97 Å². The van der Waals surface area contributed by atoms with Crippen molar-refractivity contribution >= 4 is 62.2 Å². The number of nitrogens with one attached hydrogen (secondary N) is 3. The van der Waals surface area contributed by atoms with Crippen LogP contribution >= 0.6 is 22.9 Å². The Bertz CT molecular complexity index is 1430. The molecule has 0 unspecified atom stereocenters. The summed E-state index contributed by atoms with van der Waals surface area (Å²) in [4.78, 5) is 25.2. The van der Waals surface area contributed by atoms with Crippen LogP contribution in [0, 0.1) is 5.92 Å². The van der Waals surface area contributed by atoms with Crippen LogP contribution in [0.2, 0.25) is 5.02 Å². The number of nitrogens with zero attached hydrogens (tertiary/aromatic N) is 4. The highest BCUT2D eigenvalue weighted by molar-refractivity contribution is 7.18. The Hall–Kier alpha value is -3.54. The van der Waals surface area contributed by atoms with Crippen LogP contribution in [0.4, 0.5) is 16.5 Å². The van der Waals surface area contributed by atoms with E-state index in [0.717, 1.165) is 22.0 Å². The molecule has 5 rings (SSSR count). The van der Waals surface area contributed by atoms with Crippen LogP contribution in [0.3, 0.4) is 0 Å². The maximum absolute atomic E-state index is 11.7. The zero-order valence-electron chi connectivity index (χ0n) is 19.4. The Morgan fingerprint density at radius 2 is 2.03 bits per heavy atom. The summed E-state index contributed by atoms with van der Waals surface area (Å²) in [5.41, 5.74) is 4.05. The van der Waals surface area contributed by atoms with Gasteiger partial charge in [0.05, 0.1) is 28.3 Å². The molecule has 1 amide bonds. The molecule has 1 aliphatic heterocycles. The van der Waals surface area contributed by atoms with E-state index in [1.54, 1.807) is 6.20 Å². The molecule has 1 saturated heterocycles. The first-order chi connectivity index (χ1) is 17.4. The largest absolute Gasteiger partial charge is 0.481 e. The van der Waals surface area contributed by atoms with Crippen LogP contribution in [0.15, 0.2) is 36.5 Å². The van der Waals surface area contributed by atoms with Gasteiger partial charge in [0.25, 0.3) is 0 Å². The van der Waals surface area contributed by atoms with Crippen LogP contribution in [0.1, 0.15) is 25.3 Å². The number of hydrogen-bond acceptors (Lipinski definition) is 8. The third-order valence-corrected chi connectivity index (χ3v) is 7.42. The van der Waals surface area contributed by atoms with Gasteiger partial charge in [-0.2, -0.15) is 5.10 Å². The molecule has 0 bridgehead atoms. The van der Waals surface area contributed by atoms with Crippen molar-refractivity contribution in [2.45, 2.75) is 26.3 Å². The van der Waals surface area contributed by atoms with Gasteiger partial charge < -0.3 is 15.7 Å². The van der Waals surface area contributed by atoms with Gasteiger partial charge in [-0.3, -0.25) is 19.6 Å². The number of fused-ring (bicyclic) bond motifs is 1. The first kappa shape index (κ1) is 24.2. The number of carboxylic acid groups (broad SMARTS) is 1. The molecule has 186 valence electrons. The summed E-state index contributed by atoms with van der Waals surface area (Å²) in [6.07, 6.45) is 2.94. The highest BCUT2D eigenvalue weighted by Crippen LogP contribution is 2.35. The number of aromatic amines is 1. The van der Waals surface area contributed by atoms with Crippen molar-refractivity contribution in [3.05, 3.63) is 47.1 Å². The summed E-state index contributed by atoms with van der Waals surface area (Å²) in [5, 5.41) is 33.5. The lowest BCUT2D eigenvalue weighted by Gasteiger charge is -2.30. The van der Waals surface area contributed by atoms with E-state index in [1.807, 2.05) is 30.3 Å². The Labute approximate surface area is 215 Å². The number of likely N-dealkylation sites (tertiary alicyclic amines) is 1. The second-order valence-electron chi connectivity index (χ2n) is 8.78. The summed E-state index contributed by atoms with van der Waals surface area (Å²) < 4.78 is 0. The SMILES string of the molecule is CC(=O)Nc1cc(CN2CCC(C(=O)O)CC2)cc(-c2nnc(Nc3ccc4[nH]ncc4c3Cl)s2)c1. The zero-order valence-corrected chi connectivity index (χ0v) is 21.0. The number of aromatic nitrogens is 4. The first-order valence-electron chi connectivity index (χ1n) is 11.4. The number of amides is 1. The summed E-state index contributed by atoms with van der Waals surface area (Å²) in [6.45, 7) is 3.55. The molecule has 1 fully saturated rings. The van der Waals surface area contributed by atoms with Gasteiger partial charge >= 0.3 is 5.97 Å². The third kappa shape index (κ3) is 5.32. The maximum atomic E-state index is 11.7. The molecule has 1 aliphatic rings. The van der Waals surface area contributed by atoms with E-state index in [9.17, 15) is 14.7 Å². The molecule has 0 saturated carbocycles. The lowest BCUT2D eigenvalue weighted by Crippen LogP contribution is -2.35. The number of rotatable bonds is 7. The fourth-order valence-corrected chi connectivity index (χ4v) is 5.37. The third-order valence-electron chi connectivity index (χ3n) is 6.13. The summed E-state index contributed by atoms with van der Waals surface area (Å²) >= 11 is 7.90. The monoisotopic (exact) mass is 525 g/mol. The van der Waals surface area contributed by atoms with Crippen LogP contribution in [0.5, 0.6) is 0 Å². The minimum absolute atomic E-state index is 0.163. The average molecular weight is 526 g/mol. The predicted octanol–water partition coefficient (Wildman–Crippen LogP) is 4.73. The summed E-state index contributed by atoms with van der Waals surface area (Å²) in [7, 11) is 0. The van der Waals surface area contributed by atoms with Crippen molar-refractivity contribution in [1.29, 1.82) is 0 Å². The number of carbonyl (C=O) groups is 2. The van der Waals surface area contributed by atoms with Gasteiger partial charge in [-0.25, -0.2) is 0 Å². The molecular formula is C24H24ClN7O3S. The number of halogens is 1. The first-order valence-corrected chi connectivity index (χ1v) is 12.6. The molecular weight excluding hydrogens is 502 g/mol. The number of carbonyl (C=O) groups excluding carboxylic acids is 1. The van der Waals surface area contributed by atoms with Crippen molar-refractivity contribution in [2.75, 3.05) is 23.7 Å². The Morgan fingerprint density at radius 1 is 1.22 bits per heavy atom. The number of hydrogen-bond donors (Lipinski definition) is 4. The van der Waals surface area contributed by atoms with Crippen molar-refractivity contribution in [3.8, 4) is 10.6 Å². The average Bonchev–Trinajstić information content (AvgIpc) is 3.51. The molecule has 12 heteroatoms.